The zero-order valence-corrected chi connectivity index (χ0v) is 23.4. The van der Waals surface area contributed by atoms with Crippen LogP contribution in [-0.2, 0) is 33.3 Å². The Balaban J connectivity index is 3.67. The number of nitrogens with zero attached hydrogens (tertiary/aromatic N) is 1. The molecular weight excluding hydrogens is 468 g/mol. The highest BCUT2D eigenvalue weighted by Gasteiger charge is 2.53. The van der Waals surface area contributed by atoms with Crippen molar-refractivity contribution < 1.29 is 38.1 Å². The minimum atomic E-state index is -0.961. The number of ether oxygens (including phenoxy) is 4. The molecule has 1 saturated heterocycles. The first-order valence-corrected chi connectivity index (χ1v) is 12.4. The van der Waals surface area contributed by atoms with Crippen LogP contribution in [0, 0.1) is 5.92 Å². The van der Waals surface area contributed by atoms with Crippen LogP contribution in [0.1, 0.15) is 75.7 Å². The molecule has 0 aromatic rings. The summed E-state index contributed by atoms with van der Waals surface area (Å²) in [5, 5.41) is 2.88. The number of hydrogen-bond acceptors (Lipinski definition) is 8. The molecule has 1 heterocycles. The minimum Gasteiger partial charge on any atom is -0.463 e. The van der Waals surface area contributed by atoms with Crippen LogP contribution in [0.2, 0.25) is 0 Å². The summed E-state index contributed by atoms with van der Waals surface area (Å²) in [6.07, 6.45) is 2.47. The molecule has 0 aromatic carbocycles. The lowest BCUT2D eigenvalue weighted by Gasteiger charge is -2.40. The molecule has 0 bridgehead atoms. The molecule has 36 heavy (non-hydrogen) atoms. The predicted molar refractivity (Wildman–Crippen MR) is 134 cm³/mol. The zero-order chi connectivity index (χ0) is 27.8. The van der Waals surface area contributed by atoms with Gasteiger partial charge in [0.05, 0.1) is 12.1 Å². The van der Waals surface area contributed by atoms with Crippen LogP contribution in [0.3, 0.4) is 0 Å². The van der Waals surface area contributed by atoms with E-state index in [1.165, 1.54) is 18.7 Å². The van der Waals surface area contributed by atoms with E-state index in [1.54, 1.807) is 48.5 Å². The van der Waals surface area contributed by atoms with Crippen LogP contribution in [-0.4, -0.2) is 77.5 Å². The van der Waals surface area contributed by atoms with Crippen LogP contribution in [0.4, 0.5) is 4.79 Å². The van der Waals surface area contributed by atoms with Gasteiger partial charge in [-0.3, -0.25) is 14.5 Å². The highest BCUT2D eigenvalue weighted by atomic mass is 16.6. The average Bonchev–Trinajstić information content (AvgIpc) is 3.06. The molecule has 0 saturated carbocycles. The maximum atomic E-state index is 13.6. The average molecular weight is 513 g/mol. The fourth-order valence-corrected chi connectivity index (χ4v) is 4.25. The summed E-state index contributed by atoms with van der Waals surface area (Å²) < 4.78 is 22.5. The van der Waals surface area contributed by atoms with Crippen molar-refractivity contribution in [2.24, 2.45) is 5.92 Å². The molecular formula is C26H44N2O8. The van der Waals surface area contributed by atoms with E-state index < -0.39 is 53.5 Å². The number of carbonyl (C=O) groups excluding carboxylic acids is 4. The van der Waals surface area contributed by atoms with Crippen LogP contribution >= 0.6 is 0 Å². The number of nitrogens with one attached hydrogen (secondary N) is 1. The molecule has 206 valence electrons. The summed E-state index contributed by atoms with van der Waals surface area (Å²) in [6.45, 7) is 16.8. The van der Waals surface area contributed by atoms with E-state index in [9.17, 15) is 19.2 Å². The molecule has 0 aromatic heterocycles. The zero-order valence-electron chi connectivity index (χ0n) is 23.4. The first-order chi connectivity index (χ1) is 16.5. The summed E-state index contributed by atoms with van der Waals surface area (Å²) in [5.41, 5.74) is -1.61. The number of rotatable bonds is 9. The van der Waals surface area contributed by atoms with Gasteiger partial charge in [0.15, 0.2) is 0 Å². The normalized spacial score (nSPS) is 22.2. The van der Waals surface area contributed by atoms with Gasteiger partial charge >= 0.3 is 18.0 Å². The Labute approximate surface area is 215 Å². The van der Waals surface area contributed by atoms with E-state index >= 15 is 0 Å². The van der Waals surface area contributed by atoms with E-state index in [-0.39, 0.29) is 31.5 Å². The highest BCUT2D eigenvalue weighted by molar-refractivity contribution is 5.83. The van der Waals surface area contributed by atoms with Gasteiger partial charge in [0.2, 0.25) is 5.91 Å². The van der Waals surface area contributed by atoms with Crippen LogP contribution in [0.25, 0.3) is 0 Å². The van der Waals surface area contributed by atoms with E-state index in [0.717, 1.165) is 0 Å². The predicted octanol–water partition coefficient (Wildman–Crippen LogP) is 3.37. The first kappa shape index (κ1) is 31.4. The van der Waals surface area contributed by atoms with Gasteiger partial charge in [0.1, 0.15) is 30.0 Å². The molecule has 0 aliphatic carbocycles. The van der Waals surface area contributed by atoms with E-state index in [2.05, 4.69) is 5.32 Å². The number of hydrogen-bond donors (Lipinski definition) is 1. The quantitative estimate of drug-likeness (QED) is 0.284. The fraction of sp³-hybridized carbons (Fsp3) is 0.769. The minimum absolute atomic E-state index is 0.146. The summed E-state index contributed by atoms with van der Waals surface area (Å²) in [4.78, 5) is 52.1. The van der Waals surface area contributed by atoms with E-state index in [0.29, 0.717) is 0 Å². The molecule has 0 spiro atoms. The third-order valence-electron chi connectivity index (χ3n) is 5.28. The lowest BCUT2D eigenvalue weighted by Crippen LogP contribution is -2.61. The van der Waals surface area contributed by atoms with E-state index in [1.807, 2.05) is 19.1 Å². The second kappa shape index (κ2) is 13.1. The second-order valence-electron chi connectivity index (χ2n) is 10.9. The maximum Gasteiger partial charge on any atom is 0.411 e. The van der Waals surface area contributed by atoms with Crippen LogP contribution < -0.4 is 5.32 Å². The Morgan fingerprint density at radius 1 is 1.03 bits per heavy atom. The molecule has 1 N–H and O–H groups in total. The van der Waals surface area contributed by atoms with Gasteiger partial charge in [0, 0.05) is 26.4 Å². The Morgan fingerprint density at radius 2 is 1.61 bits per heavy atom. The Morgan fingerprint density at radius 3 is 2.06 bits per heavy atom. The lowest BCUT2D eigenvalue weighted by atomic mass is 9.89. The second-order valence-corrected chi connectivity index (χ2v) is 10.9. The standard InChI is InChI=1S/C26H44N2O8/c1-11-13-18-14-19(23(31)35-25(5,6)7)28(24(32)36-26(8,9)10)22(18)21(27-16(3)29)20(33-12-2)15-34-17(4)30/h11,13,18-22H,12,14-15H2,1-10H3,(H,27,29)/b13-11-/t18-,19-,20-,21+,22-/m1/s1. The van der Waals surface area contributed by atoms with Gasteiger partial charge in [-0.15, -0.1) is 0 Å². The lowest BCUT2D eigenvalue weighted by molar-refractivity contribution is -0.161. The van der Waals surface area contributed by atoms with Crippen molar-refractivity contribution in [3.05, 3.63) is 12.2 Å². The molecule has 1 fully saturated rings. The van der Waals surface area contributed by atoms with Gasteiger partial charge in [-0.05, 0) is 61.8 Å². The monoisotopic (exact) mass is 512 g/mol. The molecule has 2 amide bonds. The number of esters is 2. The molecule has 1 aliphatic heterocycles. The summed E-state index contributed by atoms with van der Waals surface area (Å²) in [7, 11) is 0. The molecule has 1 rings (SSSR count). The molecule has 10 nitrogen and oxygen atoms in total. The Hall–Kier alpha value is -2.62. The number of carbonyl (C=O) groups is 4. The molecule has 10 heteroatoms. The Bertz CT molecular complexity index is 812. The fourth-order valence-electron chi connectivity index (χ4n) is 4.25. The van der Waals surface area contributed by atoms with Gasteiger partial charge in [-0.25, -0.2) is 9.59 Å². The third kappa shape index (κ3) is 9.79. The van der Waals surface area contributed by atoms with Gasteiger partial charge in [-0.1, -0.05) is 12.2 Å². The summed E-state index contributed by atoms with van der Waals surface area (Å²) in [6, 6.07) is -2.52. The summed E-state index contributed by atoms with van der Waals surface area (Å²) in [5.74, 6) is -1.79. The van der Waals surface area contributed by atoms with Crippen molar-refractivity contribution in [1.82, 2.24) is 10.2 Å². The van der Waals surface area contributed by atoms with Crippen molar-refractivity contribution in [1.29, 1.82) is 0 Å². The van der Waals surface area contributed by atoms with E-state index in [4.69, 9.17) is 18.9 Å². The van der Waals surface area contributed by atoms with Crippen molar-refractivity contribution in [2.75, 3.05) is 13.2 Å². The number of allylic oxidation sites excluding steroid dienone is 1. The highest BCUT2D eigenvalue weighted by Crippen LogP contribution is 2.37. The largest absolute Gasteiger partial charge is 0.463 e. The molecule has 0 radical (unpaired) electrons. The third-order valence-corrected chi connectivity index (χ3v) is 5.28. The summed E-state index contributed by atoms with van der Waals surface area (Å²) >= 11 is 0. The molecule has 5 atom stereocenters. The van der Waals surface area contributed by atoms with Crippen LogP contribution in [0.15, 0.2) is 12.2 Å². The first-order valence-electron chi connectivity index (χ1n) is 12.4. The van der Waals surface area contributed by atoms with Gasteiger partial charge in [-0.2, -0.15) is 0 Å². The maximum absolute atomic E-state index is 13.6. The SMILES string of the molecule is C/C=C\[C@@H]1C[C@H](C(=O)OC(C)(C)C)N(C(=O)OC(C)(C)C)[C@H]1[C@@H](NC(C)=O)[C@@H](COC(C)=O)OCC. The van der Waals surface area contributed by atoms with Crippen molar-refractivity contribution in [2.45, 2.75) is 111 Å². The van der Waals surface area contributed by atoms with Crippen molar-refractivity contribution in [3.63, 3.8) is 0 Å². The van der Waals surface area contributed by atoms with Crippen LogP contribution in [0.5, 0.6) is 0 Å². The Kier molecular flexibility index (Phi) is 11.4. The number of amides is 2. The topological polar surface area (TPSA) is 120 Å². The van der Waals surface area contributed by atoms with Gasteiger partial charge < -0.3 is 24.3 Å². The molecule has 1 aliphatic rings. The smallest absolute Gasteiger partial charge is 0.411 e. The number of likely N-dealkylation sites (tertiary alicyclic amines) is 1. The van der Waals surface area contributed by atoms with Crippen molar-refractivity contribution >= 4 is 23.9 Å². The molecule has 0 unspecified atom stereocenters. The van der Waals surface area contributed by atoms with Gasteiger partial charge in [0.25, 0.3) is 0 Å². The van der Waals surface area contributed by atoms with Crippen molar-refractivity contribution in [3.8, 4) is 0 Å².